The quantitative estimate of drug-likeness (QED) is 0.441. The Balaban J connectivity index is 1.83. The topological polar surface area (TPSA) is 84.5 Å². The molecular weight excluding hydrogens is 483 g/mol. The SMILES string of the molecule is COc1ccc(NC(=O)Cc2ccc(Cl)c(Cl)c2)cc1S(=O)(=O)Nc1ccccc1Cl. The van der Waals surface area contributed by atoms with E-state index in [1.165, 1.54) is 25.3 Å². The molecule has 0 radical (unpaired) electrons. The van der Waals surface area contributed by atoms with Crippen LogP contribution in [0.4, 0.5) is 11.4 Å². The first-order valence-corrected chi connectivity index (χ1v) is 11.5. The van der Waals surface area contributed by atoms with Gasteiger partial charge in [0.05, 0.1) is 34.3 Å². The van der Waals surface area contributed by atoms with Gasteiger partial charge in [0.25, 0.3) is 10.0 Å². The fraction of sp³-hybridized carbons (Fsp3) is 0.0952. The van der Waals surface area contributed by atoms with Crippen molar-refractivity contribution in [2.24, 2.45) is 0 Å². The maximum Gasteiger partial charge on any atom is 0.265 e. The second-order valence-electron chi connectivity index (χ2n) is 6.42. The van der Waals surface area contributed by atoms with Gasteiger partial charge >= 0.3 is 0 Å². The van der Waals surface area contributed by atoms with Crippen molar-refractivity contribution in [3.63, 3.8) is 0 Å². The van der Waals surface area contributed by atoms with Gasteiger partial charge in [-0.05, 0) is 48.0 Å². The summed E-state index contributed by atoms with van der Waals surface area (Å²) < 4.78 is 33.5. The Morgan fingerprint density at radius 3 is 2.35 bits per heavy atom. The first-order chi connectivity index (χ1) is 14.7. The molecule has 10 heteroatoms. The largest absolute Gasteiger partial charge is 0.495 e. The number of methoxy groups -OCH3 is 1. The number of amides is 1. The fourth-order valence-electron chi connectivity index (χ4n) is 2.75. The Hall–Kier alpha value is -2.45. The zero-order chi connectivity index (χ0) is 22.6. The summed E-state index contributed by atoms with van der Waals surface area (Å²) in [5, 5.41) is 3.65. The number of halogens is 3. The molecule has 0 spiro atoms. The predicted molar refractivity (Wildman–Crippen MR) is 124 cm³/mol. The van der Waals surface area contributed by atoms with Crippen molar-refractivity contribution in [2.75, 3.05) is 17.1 Å². The number of nitrogens with one attached hydrogen (secondary N) is 2. The maximum atomic E-state index is 12.9. The Morgan fingerprint density at radius 2 is 1.68 bits per heavy atom. The van der Waals surface area contributed by atoms with Gasteiger partial charge in [-0.2, -0.15) is 0 Å². The van der Waals surface area contributed by atoms with E-state index in [1.807, 2.05) is 0 Å². The Morgan fingerprint density at radius 1 is 0.935 bits per heavy atom. The number of benzene rings is 3. The lowest BCUT2D eigenvalue weighted by molar-refractivity contribution is -0.115. The summed E-state index contributed by atoms with van der Waals surface area (Å²) in [7, 11) is -2.70. The standard InChI is InChI=1S/C21H17Cl3N2O4S/c1-30-19-9-7-14(25-21(27)11-13-6-8-15(22)17(24)10-13)12-20(19)31(28,29)26-18-5-3-2-4-16(18)23/h2-10,12,26H,11H2,1H3,(H,25,27). The van der Waals surface area contributed by atoms with Crippen LogP contribution in [0.1, 0.15) is 5.56 Å². The van der Waals surface area contributed by atoms with E-state index in [0.29, 0.717) is 15.6 Å². The monoisotopic (exact) mass is 498 g/mol. The van der Waals surface area contributed by atoms with Crippen LogP contribution in [0, 0.1) is 0 Å². The molecule has 0 aliphatic rings. The van der Waals surface area contributed by atoms with Gasteiger partial charge in [-0.3, -0.25) is 9.52 Å². The van der Waals surface area contributed by atoms with Gasteiger partial charge in [0.1, 0.15) is 10.6 Å². The van der Waals surface area contributed by atoms with Crippen LogP contribution in [-0.2, 0) is 21.2 Å². The van der Waals surface area contributed by atoms with E-state index in [2.05, 4.69) is 10.0 Å². The van der Waals surface area contributed by atoms with Gasteiger partial charge in [0.15, 0.2) is 0 Å². The maximum absolute atomic E-state index is 12.9. The molecule has 3 rings (SSSR count). The molecule has 0 aromatic heterocycles. The normalized spacial score (nSPS) is 11.1. The number of ether oxygens (including phenoxy) is 1. The molecule has 31 heavy (non-hydrogen) atoms. The Kier molecular flexibility index (Phi) is 7.33. The molecular formula is C21H17Cl3N2O4S. The zero-order valence-electron chi connectivity index (χ0n) is 16.2. The van der Waals surface area contributed by atoms with Crippen LogP contribution < -0.4 is 14.8 Å². The van der Waals surface area contributed by atoms with Gasteiger partial charge in [-0.1, -0.05) is 53.0 Å². The third-order valence-electron chi connectivity index (χ3n) is 4.20. The molecule has 3 aromatic rings. The van der Waals surface area contributed by atoms with E-state index in [1.54, 1.807) is 42.5 Å². The molecule has 0 bridgehead atoms. The summed E-state index contributed by atoms with van der Waals surface area (Å²) >= 11 is 17.9. The third kappa shape index (κ3) is 5.83. The number of hydrogen-bond donors (Lipinski definition) is 2. The van der Waals surface area contributed by atoms with Crippen molar-refractivity contribution in [2.45, 2.75) is 11.3 Å². The summed E-state index contributed by atoms with van der Waals surface area (Å²) in [5.41, 5.74) is 1.17. The fourth-order valence-corrected chi connectivity index (χ4v) is 4.58. The van der Waals surface area contributed by atoms with Crippen molar-refractivity contribution >= 4 is 62.1 Å². The Labute approximate surface area is 195 Å². The van der Waals surface area contributed by atoms with E-state index >= 15 is 0 Å². The summed E-state index contributed by atoms with van der Waals surface area (Å²) in [5.74, 6) is -0.243. The van der Waals surface area contributed by atoms with Gasteiger partial charge in [-0.15, -0.1) is 0 Å². The van der Waals surface area contributed by atoms with E-state index in [-0.39, 0.29) is 39.4 Å². The van der Waals surface area contributed by atoms with E-state index in [4.69, 9.17) is 39.5 Å². The summed E-state index contributed by atoms with van der Waals surface area (Å²) in [6.45, 7) is 0. The van der Waals surface area contributed by atoms with Gasteiger partial charge < -0.3 is 10.1 Å². The van der Waals surface area contributed by atoms with E-state index in [0.717, 1.165) is 0 Å². The second-order valence-corrected chi connectivity index (χ2v) is 9.30. The number of hydrogen-bond acceptors (Lipinski definition) is 4. The molecule has 0 fully saturated rings. The first kappa shape index (κ1) is 23.2. The second kappa shape index (κ2) is 9.78. The van der Waals surface area contributed by atoms with Crippen LogP contribution in [0.2, 0.25) is 15.1 Å². The Bertz CT molecular complexity index is 1230. The van der Waals surface area contributed by atoms with Gasteiger partial charge in [-0.25, -0.2) is 8.42 Å². The number of para-hydroxylation sites is 1. The lowest BCUT2D eigenvalue weighted by atomic mass is 10.1. The minimum atomic E-state index is -4.05. The van der Waals surface area contributed by atoms with Crippen LogP contribution in [-0.4, -0.2) is 21.4 Å². The number of rotatable bonds is 7. The van der Waals surface area contributed by atoms with E-state index in [9.17, 15) is 13.2 Å². The van der Waals surface area contributed by atoms with Crippen LogP contribution in [0.25, 0.3) is 0 Å². The smallest absolute Gasteiger partial charge is 0.265 e. The molecule has 6 nitrogen and oxygen atoms in total. The van der Waals surface area contributed by atoms with Crippen LogP contribution >= 0.6 is 34.8 Å². The number of anilines is 2. The van der Waals surface area contributed by atoms with Crippen LogP contribution in [0.15, 0.2) is 65.6 Å². The molecule has 0 unspecified atom stereocenters. The van der Waals surface area contributed by atoms with Crippen molar-refractivity contribution in [1.82, 2.24) is 0 Å². The molecule has 2 N–H and O–H groups in total. The van der Waals surface area contributed by atoms with Crippen molar-refractivity contribution in [3.05, 3.63) is 81.3 Å². The molecule has 162 valence electrons. The highest BCUT2D eigenvalue weighted by Crippen LogP contribution is 2.31. The molecule has 3 aromatic carbocycles. The molecule has 0 saturated carbocycles. The number of carbonyl (C=O) groups excluding carboxylic acids is 1. The average molecular weight is 500 g/mol. The molecule has 0 aliphatic heterocycles. The van der Waals surface area contributed by atoms with Crippen LogP contribution in [0.5, 0.6) is 5.75 Å². The van der Waals surface area contributed by atoms with Gasteiger partial charge in [0, 0.05) is 5.69 Å². The predicted octanol–water partition coefficient (Wildman–Crippen LogP) is 5.64. The highest BCUT2D eigenvalue weighted by Gasteiger charge is 2.22. The first-order valence-electron chi connectivity index (χ1n) is 8.89. The molecule has 0 saturated heterocycles. The van der Waals surface area contributed by atoms with Crippen LogP contribution in [0.3, 0.4) is 0 Å². The molecule has 0 aliphatic carbocycles. The van der Waals surface area contributed by atoms with Gasteiger partial charge in [0.2, 0.25) is 5.91 Å². The zero-order valence-corrected chi connectivity index (χ0v) is 19.2. The number of sulfonamides is 1. The summed E-state index contributed by atoms with van der Waals surface area (Å²) in [6, 6.07) is 15.6. The molecule has 0 heterocycles. The molecule has 1 amide bonds. The molecule has 0 atom stereocenters. The average Bonchev–Trinajstić information content (AvgIpc) is 2.72. The van der Waals surface area contributed by atoms with Crippen molar-refractivity contribution in [1.29, 1.82) is 0 Å². The highest BCUT2D eigenvalue weighted by atomic mass is 35.5. The van der Waals surface area contributed by atoms with Crippen molar-refractivity contribution < 1.29 is 17.9 Å². The summed E-state index contributed by atoms with van der Waals surface area (Å²) in [6.07, 6.45) is 0.0306. The lowest BCUT2D eigenvalue weighted by Crippen LogP contribution is -2.17. The number of carbonyl (C=O) groups is 1. The third-order valence-corrected chi connectivity index (χ3v) is 6.66. The lowest BCUT2D eigenvalue weighted by Gasteiger charge is -2.14. The summed E-state index contributed by atoms with van der Waals surface area (Å²) in [4.78, 5) is 12.3. The minimum Gasteiger partial charge on any atom is -0.495 e. The van der Waals surface area contributed by atoms with E-state index < -0.39 is 10.0 Å². The van der Waals surface area contributed by atoms with Crippen molar-refractivity contribution in [3.8, 4) is 5.75 Å². The highest BCUT2D eigenvalue weighted by molar-refractivity contribution is 7.92. The minimum absolute atomic E-state index is 0.0306.